The quantitative estimate of drug-likeness (QED) is 0.801. The van der Waals surface area contributed by atoms with E-state index in [-0.39, 0.29) is 5.91 Å². The predicted molar refractivity (Wildman–Crippen MR) is 81.9 cm³/mol. The van der Waals surface area contributed by atoms with Crippen molar-refractivity contribution in [3.05, 3.63) is 71.7 Å². The lowest BCUT2D eigenvalue weighted by Crippen LogP contribution is -2.23. The molecule has 0 unspecified atom stereocenters. The molecule has 3 aromatic rings. The number of rotatable bonds is 3. The molecule has 0 spiro atoms. The van der Waals surface area contributed by atoms with Gasteiger partial charge in [-0.15, -0.1) is 0 Å². The number of hydrogen-bond donors (Lipinski definition) is 1. The number of fused-ring (bicyclic) bond motifs is 1. The number of carbonyl (C=O) groups is 1. The number of benzene rings is 1. The van der Waals surface area contributed by atoms with E-state index in [2.05, 4.69) is 15.3 Å². The lowest BCUT2D eigenvalue weighted by molar-refractivity contribution is 0.0952. The number of aromatic nitrogens is 2. The Morgan fingerprint density at radius 1 is 1.19 bits per heavy atom. The lowest BCUT2D eigenvalue weighted by atomic mass is 10.1. The van der Waals surface area contributed by atoms with Gasteiger partial charge in [0.25, 0.3) is 5.91 Å². The molecule has 0 saturated carbocycles. The van der Waals surface area contributed by atoms with Gasteiger partial charge in [-0.25, -0.2) is 0 Å². The Balaban J connectivity index is 1.88. The predicted octanol–water partition coefficient (Wildman–Crippen LogP) is 2.87. The first-order chi connectivity index (χ1) is 10.2. The van der Waals surface area contributed by atoms with Crippen LogP contribution in [0.3, 0.4) is 0 Å². The summed E-state index contributed by atoms with van der Waals surface area (Å²) >= 11 is 0. The first kappa shape index (κ1) is 13.2. The summed E-state index contributed by atoms with van der Waals surface area (Å²) < 4.78 is 0. The van der Waals surface area contributed by atoms with E-state index in [9.17, 15) is 4.79 Å². The van der Waals surface area contributed by atoms with Gasteiger partial charge in [0, 0.05) is 30.0 Å². The highest BCUT2D eigenvalue weighted by atomic mass is 16.1. The Bertz CT molecular complexity index is 784. The van der Waals surface area contributed by atoms with Gasteiger partial charge in [0.05, 0.1) is 11.1 Å². The fraction of sp³-hybridized carbons (Fsp3) is 0.118. The topological polar surface area (TPSA) is 54.9 Å². The molecule has 0 radical (unpaired) electrons. The van der Waals surface area contributed by atoms with Gasteiger partial charge >= 0.3 is 0 Å². The fourth-order valence-electron chi connectivity index (χ4n) is 2.28. The third-order valence-corrected chi connectivity index (χ3v) is 3.26. The van der Waals surface area contributed by atoms with Crippen LogP contribution in [0.5, 0.6) is 0 Å². The molecule has 0 atom stereocenters. The molecule has 2 aromatic heterocycles. The molecule has 4 nitrogen and oxygen atoms in total. The highest BCUT2D eigenvalue weighted by Crippen LogP contribution is 2.18. The van der Waals surface area contributed by atoms with Gasteiger partial charge in [-0.1, -0.05) is 24.3 Å². The molecule has 3 rings (SSSR count). The lowest BCUT2D eigenvalue weighted by Gasteiger charge is -2.09. The van der Waals surface area contributed by atoms with E-state index < -0.39 is 0 Å². The average molecular weight is 277 g/mol. The Hall–Kier alpha value is -2.75. The van der Waals surface area contributed by atoms with E-state index in [4.69, 9.17) is 0 Å². The molecular formula is C17H15N3O. The molecule has 0 aliphatic heterocycles. The van der Waals surface area contributed by atoms with Crippen molar-refractivity contribution in [1.82, 2.24) is 15.3 Å². The second kappa shape index (κ2) is 5.71. The molecule has 0 aliphatic rings. The maximum atomic E-state index is 12.4. The van der Waals surface area contributed by atoms with Crippen molar-refractivity contribution in [2.24, 2.45) is 0 Å². The highest BCUT2D eigenvalue weighted by Gasteiger charge is 2.11. The molecule has 1 aromatic carbocycles. The maximum Gasteiger partial charge on any atom is 0.252 e. The van der Waals surface area contributed by atoms with Crippen LogP contribution in [0.2, 0.25) is 0 Å². The summed E-state index contributed by atoms with van der Waals surface area (Å²) in [6.07, 6.45) is 3.46. The minimum atomic E-state index is -0.0967. The second-order valence-corrected chi connectivity index (χ2v) is 4.87. The Labute approximate surface area is 122 Å². The molecule has 4 heteroatoms. The van der Waals surface area contributed by atoms with E-state index in [1.807, 2.05) is 49.4 Å². The summed E-state index contributed by atoms with van der Waals surface area (Å²) in [5, 5.41) is 3.80. The van der Waals surface area contributed by atoms with Crippen LogP contribution in [0, 0.1) is 6.92 Å². The van der Waals surface area contributed by atoms with Crippen molar-refractivity contribution in [1.29, 1.82) is 0 Å². The third kappa shape index (κ3) is 2.89. The van der Waals surface area contributed by atoms with Crippen LogP contribution in [0.1, 0.15) is 21.6 Å². The number of carbonyl (C=O) groups excluding carboxylic acids is 1. The third-order valence-electron chi connectivity index (χ3n) is 3.26. The normalized spacial score (nSPS) is 10.5. The molecule has 1 amide bonds. The van der Waals surface area contributed by atoms with Crippen molar-refractivity contribution in [3.8, 4) is 0 Å². The highest BCUT2D eigenvalue weighted by molar-refractivity contribution is 6.06. The SMILES string of the molecule is Cc1cc(C(=O)NCc2cccnc2)c2ccccc2n1. The number of pyridine rings is 2. The maximum absolute atomic E-state index is 12.4. The minimum absolute atomic E-state index is 0.0967. The van der Waals surface area contributed by atoms with E-state index >= 15 is 0 Å². The van der Waals surface area contributed by atoms with Gasteiger partial charge < -0.3 is 5.32 Å². The van der Waals surface area contributed by atoms with Crippen molar-refractivity contribution in [3.63, 3.8) is 0 Å². The summed E-state index contributed by atoms with van der Waals surface area (Å²) in [6.45, 7) is 2.35. The molecule has 0 saturated heterocycles. The number of nitrogens with one attached hydrogen (secondary N) is 1. The van der Waals surface area contributed by atoms with Crippen LogP contribution < -0.4 is 5.32 Å². The largest absolute Gasteiger partial charge is 0.348 e. The number of aryl methyl sites for hydroxylation is 1. The number of hydrogen-bond acceptors (Lipinski definition) is 3. The van der Waals surface area contributed by atoms with Crippen LogP contribution in [0.25, 0.3) is 10.9 Å². The number of amides is 1. The van der Waals surface area contributed by atoms with Crippen LogP contribution in [-0.2, 0) is 6.54 Å². The van der Waals surface area contributed by atoms with E-state index in [1.54, 1.807) is 12.4 Å². The summed E-state index contributed by atoms with van der Waals surface area (Å²) in [5.74, 6) is -0.0967. The fourth-order valence-corrected chi connectivity index (χ4v) is 2.28. The molecule has 0 aliphatic carbocycles. The zero-order valence-corrected chi connectivity index (χ0v) is 11.7. The minimum Gasteiger partial charge on any atom is -0.348 e. The van der Waals surface area contributed by atoms with Gasteiger partial charge in [-0.3, -0.25) is 14.8 Å². The first-order valence-electron chi connectivity index (χ1n) is 6.77. The summed E-state index contributed by atoms with van der Waals surface area (Å²) in [4.78, 5) is 20.9. The van der Waals surface area contributed by atoms with E-state index in [1.165, 1.54) is 0 Å². The van der Waals surface area contributed by atoms with Gasteiger partial charge in [0.1, 0.15) is 0 Å². The molecule has 2 heterocycles. The summed E-state index contributed by atoms with van der Waals surface area (Å²) in [6, 6.07) is 13.3. The molecule has 0 bridgehead atoms. The zero-order chi connectivity index (χ0) is 14.7. The standard InChI is InChI=1S/C17H15N3O/c1-12-9-15(14-6-2-3-7-16(14)20-12)17(21)19-11-13-5-4-8-18-10-13/h2-10H,11H2,1H3,(H,19,21). The average Bonchev–Trinajstić information content (AvgIpc) is 2.52. The monoisotopic (exact) mass is 277 g/mol. The van der Waals surface area contributed by atoms with Crippen molar-refractivity contribution in [2.75, 3.05) is 0 Å². The smallest absolute Gasteiger partial charge is 0.252 e. The van der Waals surface area contributed by atoms with E-state index in [0.29, 0.717) is 12.1 Å². The molecular weight excluding hydrogens is 262 g/mol. The summed E-state index contributed by atoms with van der Waals surface area (Å²) in [7, 11) is 0. The van der Waals surface area contributed by atoms with Crippen LogP contribution in [0.15, 0.2) is 54.9 Å². The molecule has 104 valence electrons. The zero-order valence-electron chi connectivity index (χ0n) is 11.7. The number of para-hydroxylation sites is 1. The van der Waals surface area contributed by atoms with Crippen LogP contribution in [0.4, 0.5) is 0 Å². The van der Waals surface area contributed by atoms with Gasteiger partial charge in [-0.05, 0) is 30.7 Å². The van der Waals surface area contributed by atoms with Crippen molar-refractivity contribution in [2.45, 2.75) is 13.5 Å². The Morgan fingerprint density at radius 3 is 2.86 bits per heavy atom. The van der Waals surface area contributed by atoms with Crippen LogP contribution in [-0.4, -0.2) is 15.9 Å². The Kier molecular flexibility index (Phi) is 3.60. The first-order valence-corrected chi connectivity index (χ1v) is 6.77. The van der Waals surface area contributed by atoms with Gasteiger partial charge in [0.15, 0.2) is 0 Å². The van der Waals surface area contributed by atoms with Crippen molar-refractivity contribution < 1.29 is 4.79 Å². The molecule has 21 heavy (non-hydrogen) atoms. The molecule has 1 N–H and O–H groups in total. The summed E-state index contributed by atoms with van der Waals surface area (Å²) in [5.41, 5.74) is 3.30. The van der Waals surface area contributed by atoms with E-state index in [0.717, 1.165) is 22.2 Å². The van der Waals surface area contributed by atoms with Gasteiger partial charge in [0.2, 0.25) is 0 Å². The second-order valence-electron chi connectivity index (χ2n) is 4.87. The number of nitrogens with zero attached hydrogens (tertiary/aromatic N) is 2. The van der Waals surface area contributed by atoms with Gasteiger partial charge in [-0.2, -0.15) is 0 Å². The van der Waals surface area contributed by atoms with Crippen LogP contribution >= 0.6 is 0 Å². The van der Waals surface area contributed by atoms with Crippen molar-refractivity contribution >= 4 is 16.8 Å². The Morgan fingerprint density at radius 2 is 2.05 bits per heavy atom. The molecule has 0 fully saturated rings.